The Labute approximate surface area is 171 Å². The molecule has 0 unspecified atom stereocenters. The molecule has 2 aromatic carbocycles. The van der Waals surface area contributed by atoms with E-state index in [9.17, 15) is 14.0 Å². The summed E-state index contributed by atoms with van der Waals surface area (Å²) in [6.07, 6.45) is 1.52. The number of hydrogen-bond donors (Lipinski definition) is 1. The van der Waals surface area contributed by atoms with Crippen molar-refractivity contribution in [3.63, 3.8) is 0 Å². The maximum Gasteiger partial charge on any atom is 0.339 e. The summed E-state index contributed by atoms with van der Waals surface area (Å²) in [6, 6.07) is 18.3. The largest absolute Gasteiger partial charge is 0.463 e. The quantitative estimate of drug-likeness (QED) is 0.489. The lowest BCUT2D eigenvalue weighted by Gasteiger charge is -2.10. The summed E-state index contributed by atoms with van der Waals surface area (Å²) in [6.45, 7) is -0.482. The van der Waals surface area contributed by atoms with E-state index in [0.29, 0.717) is 27.9 Å². The van der Waals surface area contributed by atoms with E-state index in [4.69, 9.17) is 9.15 Å². The van der Waals surface area contributed by atoms with Gasteiger partial charge in [0.2, 0.25) is 0 Å². The Kier molecular flexibility index (Phi) is 5.52. The molecule has 6 nitrogen and oxygen atoms in total. The van der Waals surface area contributed by atoms with Gasteiger partial charge in [-0.05, 0) is 30.3 Å². The number of nitrogens with zero attached hydrogens (tertiary/aromatic N) is 1. The summed E-state index contributed by atoms with van der Waals surface area (Å²) in [5, 5.41) is 3.14. The van der Waals surface area contributed by atoms with Gasteiger partial charge in [0.25, 0.3) is 5.91 Å². The molecule has 1 amide bonds. The predicted octanol–water partition coefficient (Wildman–Crippen LogP) is 4.11. The molecule has 0 saturated heterocycles. The van der Waals surface area contributed by atoms with E-state index in [0.717, 1.165) is 0 Å². The maximum absolute atomic E-state index is 13.6. The zero-order chi connectivity index (χ0) is 20.9. The standard InChI is InChI=1S/C23H17FN2O4/c24-18-8-3-1-6-15(18)13-25-22(27)14-30-23(28)17-12-20(21-10-5-11-29-21)26-19-9-4-2-7-16(17)19/h1-12H,13-14H2,(H,25,27). The fraction of sp³-hybridized carbons (Fsp3) is 0.0870. The van der Waals surface area contributed by atoms with Crippen molar-refractivity contribution in [2.45, 2.75) is 6.54 Å². The third kappa shape index (κ3) is 4.20. The molecule has 150 valence electrons. The molecule has 0 aliphatic carbocycles. The fourth-order valence-electron chi connectivity index (χ4n) is 2.99. The summed E-state index contributed by atoms with van der Waals surface area (Å²) in [7, 11) is 0. The van der Waals surface area contributed by atoms with Crippen molar-refractivity contribution in [2.75, 3.05) is 6.61 Å². The fourth-order valence-corrected chi connectivity index (χ4v) is 2.99. The highest BCUT2D eigenvalue weighted by atomic mass is 19.1. The van der Waals surface area contributed by atoms with Gasteiger partial charge in [0.05, 0.1) is 17.3 Å². The van der Waals surface area contributed by atoms with E-state index >= 15 is 0 Å². The molecular formula is C23H17FN2O4. The molecule has 0 bridgehead atoms. The smallest absolute Gasteiger partial charge is 0.339 e. The number of furan rings is 1. The molecule has 0 saturated carbocycles. The molecule has 2 aromatic heterocycles. The number of para-hydroxylation sites is 1. The van der Waals surface area contributed by atoms with Crippen molar-refractivity contribution in [1.29, 1.82) is 0 Å². The van der Waals surface area contributed by atoms with Gasteiger partial charge in [0, 0.05) is 17.5 Å². The Hall–Kier alpha value is -4.00. The first-order chi connectivity index (χ1) is 14.6. The van der Waals surface area contributed by atoms with Crippen molar-refractivity contribution in [2.24, 2.45) is 0 Å². The van der Waals surface area contributed by atoms with Gasteiger partial charge >= 0.3 is 5.97 Å². The third-order valence-corrected chi connectivity index (χ3v) is 4.48. The van der Waals surface area contributed by atoms with E-state index in [1.54, 1.807) is 54.6 Å². The van der Waals surface area contributed by atoms with Gasteiger partial charge in [0.15, 0.2) is 12.4 Å². The minimum absolute atomic E-state index is 0.00386. The van der Waals surface area contributed by atoms with Crippen LogP contribution >= 0.6 is 0 Å². The van der Waals surface area contributed by atoms with Crippen molar-refractivity contribution < 1.29 is 23.1 Å². The number of nitrogens with one attached hydrogen (secondary N) is 1. The number of benzene rings is 2. The molecule has 2 heterocycles. The second-order valence-electron chi connectivity index (χ2n) is 6.49. The zero-order valence-corrected chi connectivity index (χ0v) is 15.8. The Morgan fingerprint density at radius 2 is 1.83 bits per heavy atom. The van der Waals surface area contributed by atoms with Crippen LogP contribution in [0.25, 0.3) is 22.4 Å². The van der Waals surface area contributed by atoms with Crippen LogP contribution in [-0.2, 0) is 16.1 Å². The van der Waals surface area contributed by atoms with E-state index in [-0.39, 0.29) is 12.1 Å². The highest BCUT2D eigenvalue weighted by Gasteiger charge is 2.17. The Morgan fingerprint density at radius 1 is 1.03 bits per heavy atom. The number of halogens is 1. The molecule has 1 N–H and O–H groups in total. The van der Waals surface area contributed by atoms with Crippen LogP contribution in [0.2, 0.25) is 0 Å². The predicted molar refractivity (Wildman–Crippen MR) is 108 cm³/mol. The van der Waals surface area contributed by atoms with Crippen molar-refractivity contribution in [3.05, 3.63) is 89.9 Å². The lowest BCUT2D eigenvalue weighted by atomic mass is 10.1. The molecule has 4 rings (SSSR count). The number of fused-ring (bicyclic) bond motifs is 1. The van der Waals surface area contributed by atoms with Crippen molar-refractivity contribution >= 4 is 22.8 Å². The first-order valence-electron chi connectivity index (χ1n) is 9.23. The monoisotopic (exact) mass is 404 g/mol. The molecule has 0 aliphatic heterocycles. The van der Waals surface area contributed by atoms with Crippen LogP contribution in [0.4, 0.5) is 4.39 Å². The van der Waals surface area contributed by atoms with Crippen LogP contribution < -0.4 is 5.32 Å². The minimum Gasteiger partial charge on any atom is -0.463 e. The molecule has 0 aliphatic rings. The number of pyridine rings is 1. The van der Waals surface area contributed by atoms with Crippen LogP contribution in [-0.4, -0.2) is 23.5 Å². The van der Waals surface area contributed by atoms with Gasteiger partial charge in [-0.2, -0.15) is 0 Å². The van der Waals surface area contributed by atoms with E-state index < -0.39 is 24.3 Å². The summed E-state index contributed by atoms with van der Waals surface area (Å²) in [5.41, 5.74) is 1.70. The average molecular weight is 404 g/mol. The molecule has 4 aromatic rings. The number of amides is 1. The number of ether oxygens (including phenoxy) is 1. The normalized spacial score (nSPS) is 10.7. The average Bonchev–Trinajstić information content (AvgIpc) is 3.31. The SMILES string of the molecule is O=C(COC(=O)c1cc(-c2ccco2)nc2ccccc12)NCc1ccccc1F. The Bertz CT molecular complexity index is 1210. The summed E-state index contributed by atoms with van der Waals surface area (Å²) in [4.78, 5) is 29.2. The first kappa shape index (κ1) is 19.3. The van der Waals surface area contributed by atoms with Crippen LogP contribution in [0.3, 0.4) is 0 Å². The van der Waals surface area contributed by atoms with Gasteiger partial charge in [-0.25, -0.2) is 14.2 Å². The second-order valence-corrected chi connectivity index (χ2v) is 6.49. The topological polar surface area (TPSA) is 81.4 Å². The van der Waals surface area contributed by atoms with Gasteiger partial charge in [-0.3, -0.25) is 4.79 Å². The van der Waals surface area contributed by atoms with E-state index in [2.05, 4.69) is 10.3 Å². The maximum atomic E-state index is 13.6. The Balaban J connectivity index is 1.48. The second kappa shape index (κ2) is 8.57. The molecule has 0 spiro atoms. The van der Waals surface area contributed by atoms with Gasteiger partial charge in [-0.1, -0.05) is 36.4 Å². The molecule has 30 heavy (non-hydrogen) atoms. The van der Waals surface area contributed by atoms with Crippen LogP contribution in [0.15, 0.2) is 77.4 Å². The lowest BCUT2D eigenvalue weighted by molar-refractivity contribution is -0.124. The number of hydrogen-bond acceptors (Lipinski definition) is 5. The summed E-state index contributed by atoms with van der Waals surface area (Å²) < 4.78 is 24.2. The summed E-state index contributed by atoms with van der Waals surface area (Å²) in [5.74, 6) is -1.10. The molecule has 7 heteroatoms. The minimum atomic E-state index is -0.664. The highest BCUT2D eigenvalue weighted by Crippen LogP contribution is 2.25. The number of esters is 1. The van der Waals surface area contributed by atoms with E-state index in [1.807, 2.05) is 6.07 Å². The van der Waals surface area contributed by atoms with Gasteiger partial charge in [-0.15, -0.1) is 0 Å². The Morgan fingerprint density at radius 3 is 2.63 bits per heavy atom. The molecule has 0 fully saturated rings. The van der Waals surface area contributed by atoms with Crippen LogP contribution in [0.5, 0.6) is 0 Å². The zero-order valence-electron chi connectivity index (χ0n) is 15.8. The molecular weight excluding hydrogens is 387 g/mol. The number of carbonyl (C=O) groups excluding carboxylic acids is 2. The van der Waals surface area contributed by atoms with Crippen LogP contribution in [0.1, 0.15) is 15.9 Å². The number of aromatic nitrogens is 1. The van der Waals surface area contributed by atoms with Crippen molar-refractivity contribution in [3.8, 4) is 11.5 Å². The third-order valence-electron chi connectivity index (χ3n) is 4.48. The van der Waals surface area contributed by atoms with Gasteiger partial charge < -0.3 is 14.5 Å². The highest BCUT2D eigenvalue weighted by molar-refractivity contribution is 6.05. The first-order valence-corrected chi connectivity index (χ1v) is 9.23. The molecule has 0 radical (unpaired) electrons. The molecule has 0 atom stereocenters. The summed E-state index contributed by atoms with van der Waals surface area (Å²) >= 11 is 0. The number of carbonyl (C=O) groups is 2. The lowest BCUT2D eigenvalue weighted by Crippen LogP contribution is -2.28. The van der Waals surface area contributed by atoms with Crippen molar-refractivity contribution in [1.82, 2.24) is 10.3 Å². The van der Waals surface area contributed by atoms with E-state index in [1.165, 1.54) is 12.3 Å². The number of rotatable bonds is 6. The van der Waals surface area contributed by atoms with Gasteiger partial charge in [0.1, 0.15) is 11.5 Å². The van der Waals surface area contributed by atoms with Crippen LogP contribution in [0, 0.1) is 5.82 Å².